The molecule has 3 fully saturated rings. The second-order valence-electron chi connectivity index (χ2n) is 11.1. The third-order valence-electron chi connectivity index (χ3n) is 7.10. The Kier molecular flexibility index (Phi) is 8.08. The summed E-state index contributed by atoms with van der Waals surface area (Å²) < 4.78 is 37.8. The zero-order valence-corrected chi connectivity index (χ0v) is 21.8. The van der Waals surface area contributed by atoms with Crippen LogP contribution in [0.25, 0.3) is 0 Å². The van der Waals surface area contributed by atoms with E-state index in [-0.39, 0.29) is 30.0 Å². The van der Waals surface area contributed by atoms with Gasteiger partial charge in [0.25, 0.3) is 11.8 Å². The minimum Gasteiger partial charge on any atom is -0.484 e. The van der Waals surface area contributed by atoms with Gasteiger partial charge in [-0.15, -0.1) is 0 Å². The standard InChI is InChI=1S/C26H34F2N4O6/c1-26(2,3)38-25(36)32(13-16-7-8-29-23(16)34)30-24(35)22-20-6-4-5-15(20)12-31(22)21(33)14-37-19-10-17(27)9-18(28)11-19/h9-11,15-16,20,22H,4-8,12-14H2,1-3H3,(H,29,34)(H,30,35)/t15?,16-,20?,22?/m0/s1. The van der Waals surface area contributed by atoms with Crippen molar-refractivity contribution in [1.29, 1.82) is 0 Å². The maximum Gasteiger partial charge on any atom is 0.429 e. The molecule has 1 aliphatic carbocycles. The summed E-state index contributed by atoms with van der Waals surface area (Å²) in [7, 11) is 0. The van der Waals surface area contributed by atoms with Crippen molar-refractivity contribution >= 4 is 23.8 Å². The Morgan fingerprint density at radius 2 is 1.84 bits per heavy atom. The van der Waals surface area contributed by atoms with E-state index in [4.69, 9.17) is 9.47 Å². The van der Waals surface area contributed by atoms with Gasteiger partial charge < -0.3 is 19.7 Å². The maximum absolute atomic E-state index is 13.6. The number of hydrogen-bond acceptors (Lipinski definition) is 6. The second-order valence-corrected chi connectivity index (χ2v) is 11.1. The highest BCUT2D eigenvalue weighted by molar-refractivity contribution is 5.90. The molecular formula is C26H34F2N4O6. The smallest absolute Gasteiger partial charge is 0.429 e. The van der Waals surface area contributed by atoms with E-state index >= 15 is 0 Å². The number of rotatable bonds is 6. The fourth-order valence-electron chi connectivity index (χ4n) is 5.46. The highest BCUT2D eigenvalue weighted by atomic mass is 19.1. The molecule has 1 aromatic carbocycles. The Hall–Kier alpha value is -3.44. The summed E-state index contributed by atoms with van der Waals surface area (Å²) in [5.41, 5.74) is 1.79. The van der Waals surface area contributed by atoms with E-state index < -0.39 is 53.7 Å². The van der Waals surface area contributed by atoms with Crippen molar-refractivity contribution in [3.8, 4) is 5.75 Å². The number of carbonyl (C=O) groups excluding carboxylic acids is 4. The number of fused-ring (bicyclic) bond motifs is 1. The largest absolute Gasteiger partial charge is 0.484 e. The van der Waals surface area contributed by atoms with Crippen LogP contribution < -0.4 is 15.5 Å². The van der Waals surface area contributed by atoms with Gasteiger partial charge in [-0.05, 0) is 51.9 Å². The Labute approximate surface area is 220 Å². The van der Waals surface area contributed by atoms with Gasteiger partial charge in [0.05, 0.1) is 12.5 Å². The summed E-state index contributed by atoms with van der Waals surface area (Å²) in [5.74, 6) is -3.61. The predicted octanol–water partition coefficient (Wildman–Crippen LogP) is 2.38. The van der Waals surface area contributed by atoms with E-state index in [1.807, 2.05) is 0 Å². The van der Waals surface area contributed by atoms with E-state index in [0.29, 0.717) is 25.6 Å². The number of ether oxygens (including phenoxy) is 2. The number of likely N-dealkylation sites (tertiary alicyclic amines) is 1. The van der Waals surface area contributed by atoms with E-state index in [0.717, 1.165) is 36.4 Å². The molecule has 10 nitrogen and oxygen atoms in total. The molecule has 2 aliphatic heterocycles. The van der Waals surface area contributed by atoms with Crippen LogP contribution in [0.4, 0.5) is 13.6 Å². The lowest BCUT2D eigenvalue weighted by molar-refractivity contribution is -0.143. The minimum atomic E-state index is -0.870. The quantitative estimate of drug-likeness (QED) is 0.540. The van der Waals surface area contributed by atoms with Crippen molar-refractivity contribution in [2.24, 2.45) is 17.8 Å². The average molecular weight is 537 g/mol. The average Bonchev–Trinajstić information content (AvgIpc) is 3.51. The first-order chi connectivity index (χ1) is 17.9. The molecule has 4 atom stereocenters. The van der Waals surface area contributed by atoms with Gasteiger partial charge >= 0.3 is 6.09 Å². The van der Waals surface area contributed by atoms with Crippen LogP contribution in [0.5, 0.6) is 5.75 Å². The molecule has 1 saturated carbocycles. The summed E-state index contributed by atoms with van der Waals surface area (Å²) in [6, 6.07) is 1.77. The molecule has 0 radical (unpaired) electrons. The van der Waals surface area contributed by atoms with Crippen LogP contribution in [0.2, 0.25) is 0 Å². The molecule has 1 aromatic rings. The van der Waals surface area contributed by atoms with E-state index in [9.17, 15) is 28.0 Å². The molecule has 2 heterocycles. The fraction of sp³-hybridized carbons (Fsp3) is 0.615. The third kappa shape index (κ3) is 6.51. The third-order valence-corrected chi connectivity index (χ3v) is 7.10. The van der Waals surface area contributed by atoms with Crippen LogP contribution in [-0.2, 0) is 19.1 Å². The van der Waals surface area contributed by atoms with Gasteiger partial charge in [-0.25, -0.2) is 18.6 Å². The molecule has 4 rings (SSSR count). The van der Waals surface area contributed by atoms with Gasteiger partial charge in [-0.1, -0.05) is 6.42 Å². The van der Waals surface area contributed by atoms with Crippen LogP contribution in [0.1, 0.15) is 46.5 Å². The van der Waals surface area contributed by atoms with E-state index in [2.05, 4.69) is 10.7 Å². The normalized spacial score (nSPS) is 24.6. The molecule has 208 valence electrons. The number of nitrogens with one attached hydrogen (secondary N) is 2. The summed E-state index contributed by atoms with van der Waals surface area (Å²) in [4.78, 5) is 53.3. The van der Waals surface area contributed by atoms with Crippen molar-refractivity contribution in [2.45, 2.75) is 58.1 Å². The molecule has 3 aliphatic rings. The highest BCUT2D eigenvalue weighted by Gasteiger charge is 2.50. The van der Waals surface area contributed by atoms with Gasteiger partial charge in [0.15, 0.2) is 6.61 Å². The first-order valence-corrected chi connectivity index (χ1v) is 12.9. The lowest BCUT2D eigenvalue weighted by Crippen LogP contribution is -2.57. The van der Waals surface area contributed by atoms with Crippen LogP contribution >= 0.6 is 0 Å². The van der Waals surface area contributed by atoms with Gasteiger partial charge in [0.2, 0.25) is 5.91 Å². The number of hydrogen-bond donors (Lipinski definition) is 2. The summed E-state index contributed by atoms with van der Waals surface area (Å²) in [6.07, 6.45) is 2.20. The molecule has 0 bridgehead atoms. The van der Waals surface area contributed by atoms with Crippen LogP contribution in [-0.4, -0.2) is 71.6 Å². The fourth-order valence-corrected chi connectivity index (χ4v) is 5.46. The summed E-state index contributed by atoms with van der Waals surface area (Å²) >= 11 is 0. The number of halogens is 2. The molecule has 0 spiro atoms. The van der Waals surface area contributed by atoms with Gasteiger partial charge in [0.1, 0.15) is 29.0 Å². The zero-order valence-electron chi connectivity index (χ0n) is 21.8. The molecule has 2 saturated heterocycles. The zero-order chi connectivity index (χ0) is 27.6. The lowest BCUT2D eigenvalue weighted by atomic mass is 9.93. The number of benzene rings is 1. The van der Waals surface area contributed by atoms with Crippen LogP contribution in [0.3, 0.4) is 0 Å². The number of hydrazine groups is 1. The molecule has 4 amide bonds. The highest BCUT2D eigenvalue weighted by Crippen LogP contribution is 2.42. The molecule has 3 unspecified atom stereocenters. The van der Waals surface area contributed by atoms with Crippen molar-refractivity contribution in [3.63, 3.8) is 0 Å². The van der Waals surface area contributed by atoms with Crippen molar-refractivity contribution in [3.05, 3.63) is 29.8 Å². The summed E-state index contributed by atoms with van der Waals surface area (Å²) in [5, 5.41) is 3.73. The summed E-state index contributed by atoms with van der Waals surface area (Å²) in [6.45, 7) is 5.30. The van der Waals surface area contributed by atoms with E-state index in [1.165, 1.54) is 4.90 Å². The molecule has 38 heavy (non-hydrogen) atoms. The minimum absolute atomic E-state index is 0.0739. The Bertz CT molecular complexity index is 1070. The SMILES string of the molecule is CC(C)(C)OC(=O)N(C[C@@H]1CCNC1=O)NC(=O)C1C2CCCC2CN1C(=O)COc1cc(F)cc(F)c1. The lowest BCUT2D eigenvalue weighted by Gasteiger charge is -2.32. The predicted molar refractivity (Wildman–Crippen MR) is 130 cm³/mol. The Morgan fingerprint density at radius 3 is 2.47 bits per heavy atom. The number of amides is 4. The maximum atomic E-state index is 13.6. The number of carbonyl (C=O) groups is 4. The first-order valence-electron chi connectivity index (χ1n) is 12.9. The number of nitrogens with zero attached hydrogens (tertiary/aromatic N) is 2. The van der Waals surface area contributed by atoms with Gasteiger partial charge in [-0.3, -0.25) is 19.8 Å². The van der Waals surface area contributed by atoms with Gasteiger partial charge in [-0.2, -0.15) is 0 Å². The topological polar surface area (TPSA) is 117 Å². The molecule has 0 aromatic heterocycles. The van der Waals surface area contributed by atoms with E-state index in [1.54, 1.807) is 20.8 Å². The second kappa shape index (κ2) is 11.1. The van der Waals surface area contributed by atoms with Crippen LogP contribution in [0.15, 0.2) is 18.2 Å². The van der Waals surface area contributed by atoms with Gasteiger partial charge in [0, 0.05) is 31.3 Å². The monoisotopic (exact) mass is 536 g/mol. The molecular weight excluding hydrogens is 502 g/mol. The van der Waals surface area contributed by atoms with Crippen molar-refractivity contribution in [2.75, 3.05) is 26.2 Å². The first kappa shape index (κ1) is 27.6. The van der Waals surface area contributed by atoms with Crippen molar-refractivity contribution < 1.29 is 37.4 Å². The van der Waals surface area contributed by atoms with Crippen molar-refractivity contribution in [1.82, 2.24) is 20.7 Å². The molecule has 12 heteroatoms. The Morgan fingerprint density at radius 1 is 1.13 bits per heavy atom. The Balaban J connectivity index is 1.49. The van der Waals surface area contributed by atoms with Crippen LogP contribution in [0, 0.1) is 29.4 Å². The molecule has 2 N–H and O–H groups in total.